The van der Waals surface area contributed by atoms with Crippen molar-refractivity contribution in [2.75, 3.05) is 36.2 Å². The third-order valence-electron chi connectivity index (χ3n) is 2.87. The van der Waals surface area contributed by atoms with Crippen LogP contribution in [0, 0.1) is 0 Å². The molecule has 0 bridgehead atoms. The van der Waals surface area contributed by atoms with Gasteiger partial charge < -0.3 is 10.6 Å². The van der Waals surface area contributed by atoms with Gasteiger partial charge in [-0.2, -0.15) is 11.8 Å². The van der Waals surface area contributed by atoms with Gasteiger partial charge in [0, 0.05) is 53.9 Å². The quantitative estimate of drug-likeness (QED) is 0.843. The zero-order valence-corrected chi connectivity index (χ0v) is 11.0. The molecule has 0 saturated carbocycles. The second-order valence-corrected chi connectivity index (χ2v) is 5.00. The minimum absolute atomic E-state index is 0.787. The molecule has 0 radical (unpaired) electrons. The fourth-order valence-corrected chi connectivity index (χ4v) is 2.33. The van der Waals surface area contributed by atoms with E-state index in [0.29, 0.717) is 0 Å². The van der Waals surface area contributed by atoms with Crippen molar-refractivity contribution >= 4 is 33.9 Å². The monoisotopic (exact) mass is 247 g/mol. The van der Waals surface area contributed by atoms with Gasteiger partial charge in [-0.05, 0) is 24.5 Å². The van der Waals surface area contributed by atoms with E-state index in [4.69, 9.17) is 5.73 Å². The van der Waals surface area contributed by atoms with E-state index in [1.807, 2.05) is 36.3 Å². The maximum absolute atomic E-state index is 5.96. The molecule has 0 fully saturated rings. The molecule has 2 N–H and O–H groups in total. The maximum Gasteiger partial charge on any atom is 0.0446 e. The van der Waals surface area contributed by atoms with Crippen LogP contribution >= 0.6 is 11.8 Å². The third-order valence-corrected chi connectivity index (χ3v) is 3.46. The number of nitrogens with two attached hydrogens (primary N) is 1. The van der Waals surface area contributed by atoms with E-state index in [2.05, 4.69) is 29.3 Å². The Morgan fingerprint density at radius 3 is 2.88 bits per heavy atom. The van der Waals surface area contributed by atoms with Gasteiger partial charge >= 0.3 is 0 Å². The Morgan fingerprint density at radius 1 is 1.29 bits per heavy atom. The van der Waals surface area contributed by atoms with Crippen LogP contribution in [0.15, 0.2) is 30.6 Å². The van der Waals surface area contributed by atoms with Crippen molar-refractivity contribution < 1.29 is 0 Å². The van der Waals surface area contributed by atoms with E-state index in [9.17, 15) is 0 Å². The average Bonchev–Trinajstić information content (AvgIpc) is 2.37. The van der Waals surface area contributed by atoms with Gasteiger partial charge in [0.1, 0.15) is 0 Å². The molecule has 0 aliphatic rings. The first-order valence-corrected chi connectivity index (χ1v) is 6.95. The lowest BCUT2D eigenvalue weighted by Gasteiger charge is -2.21. The predicted molar refractivity (Wildman–Crippen MR) is 77.8 cm³/mol. The summed E-state index contributed by atoms with van der Waals surface area (Å²) in [7, 11) is 2.11. The van der Waals surface area contributed by atoms with E-state index in [1.165, 1.54) is 11.1 Å². The largest absolute Gasteiger partial charge is 0.398 e. The maximum atomic E-state index is 5.96. The Labute approximate surface area is 106 Å². The van der Waals surface area contributed by atoms with Crippen molar-refractivity contribution in [1.82, 2.24) is 4.98 Å². The normalized spacial score (nSPS) is 10.7. The van der Waals surface area contributed by atoms with Crippen molar-refractivity contribution in [3.63, 3.8) is 0 Å². The SMILES string of the molecule is CSCCN(C)c1ccc(N)c2cnccc12. The van der Waals surface area contributed by atoms with Crippen LogP contribution in [0.2, 0.25) is 0 Å². The van der Waals surface area contributed by atoms with E-state index in [1.54, 1.807) is 0 Å². The van der Waals surface area contributed by atoms with Gasteiger partial charge in [0.25, 0.3) is 0 Å². The Bertz CT molecular complexity index is 513. The summed E-state index contributed by atoms with van der Waals surface area (Å²) < 4.78 is 0. The van der Waals surface area contributed by atoms with Crippen LogP contribution in [0.25, 0.3) is 10.8 Å². The molecule has 0 spiro atoms. The number of anilines is 2. The predicted octanol–water partition coefficient (Wildman–Crippen LogP) is 2.62. The molecule has 2 rings (SSSR count). The van der Waals surface area contributed by atoms with Crippen LogP contribution in [0.1, 0.15) is 0 Å². The average molecular weight is 247 g/mol. The Hall–Kier alpha value is -1.42. The number of fused-ring (bicyclic) bond motifs is 1. The summed E-state index contributed by atoms with van der Waals surface area (Å²) in [5, 5.41) is 2.20. The number of nitrogen functional groups attached to an aromatic ring is 1. The third kappa shape index (κ3) is 2.47. The van der Waals surface area contributed by atoms with Gasteiger partial charge in [-0.3, -0.25) is 4.98 Å². The van der Waals surface area contributed by atoms with Gasteiger partial charge in [0.2, 0.25) is 0 Å². The highest BCUT2D eigenvalue weighted by atomic mass is 32.2. The van der Waals surface area contributed by atoms with Crippen LogP contribution in [0.5, 0.6) is 0 Å². The zero-order valence-electron chi connectivity index (χ0n) is 10.2. The van der Waals surface area contributed by atoms with Crippen LogP contribution in [-0.2, 0) is 0 Å². The first kappa shape index (κ1) is 12.0. The summed E-state index contributed by atoms with van der Waals surface area (Å²) in [4.78, 5) is 6.40. The summed E-state index contributed by atoms with van der Waals surface area (Å²) in [5.74, 6) is 1.12. The molecule has 1 heterocycles. The molecular formula is C13H17N3S. The Morgan fingerprint density at radius 2 is 2.12 bits per heavy atom. The zero-order chi connectivity index (χ0) is 12.3. The molecule has 3 nitrogen and oxygen atoms in total. The van der Waals surface area contributed by atoms with Crippen molar-refractivity contribution in [2.24, 2.45) is 0 Å². The standard InChI is InChI=1S/C13H17N3S/c1-16(7-8-17-2)13-4-3-12(14)11-9-15-6-5-10(11)13/h3-6,9H,7-8,14H2,1-2H3. The molecule has 4 heteroatoms. The fourth-order valence-electron chi connectivity index (χ4n) is 1.88. The molecule has 1 aromatic heterocycles. The molecule has 17 heavy (non-hydrogen) atoms. The number of thioether (sulfide) groups is 1. The number of aromatic nitrogens is 1. The van der Waals surface area contributed by atoms with Gasteiger partial charge in [0.15, 0.2) is 0 Å². The molecule has 0 saturated heterocycles. The van der Waals surface area contributed by atoms with Crippen molar-refractivity contribution in [3.05, 3.63) is 30.6 Å². The summed E-state index contributed by atoms with van der Waals surface area (Å²) in [6.45, 7) is 1.03. The lowest BCUT2D eigenvalue weighted by Crippen LogP contribution is -2.20. The van der Waals surface area contributed by atoms with E-state index >= 15 is 0 Å². The molecular weight excluding hydrogens is 230 g/mol. The van der Waals surface area contributed by atoms with Crippen molar-refractivity contribution in [3.8, 4) is 0 Å². The Kier molecular flexibility index (Phi) is 3.74. The summed E-state index contributed by atoms with van der Waals surface area (Å²) in [6.07, 6.45) is 5.77. The number of rotatable bonds is 4. The lowest BCUT2D eigenvalue weighted by atomic mass is 10.1. The highest BCUT2D eigenvalue weighted by Crippen LogP contribution is 2.29. The number of pyridine rings is 1. The second kappa shape index (κ2) is 5.27. The smallest absolute Gasteiger partial charge is 0.0446 e. The highest BCUT2D eigenvalue weighted by Gasteiger charge is 2.07. The molecule has 1 aromatic carbocycles. The topological polar surface area (TPSA) is 42.1 Å². The van der Waals surface area contributed by atoms with Gasteiger partial charge in [-0.1, -0.05) is 0 Å². The lowest BCUT2D eigenvalue weighted by molar-refractivity contribution is 0.984. The Balaban J connectivity index is 2.44. The molecule has 0 amide bonds. The van der Waals surface area contributed by atoms with Crippen LogP contribution in [0.3, 0.4) is 0 Å². The summed E-state index contributed by atoms with van der Waals surface area (Å²) >= 11 is 1.85. The number of hydrogen-bond acceptors (Lipinski definition) is 4. The first-order chi connectivity index (χ1) is 8.24. The van der Waals surface area contributed by atoms with E-state index in [0.717, 1.165) is 23.4 Å². The number of benzene rings is 1. The van der Waals surface area contributed by atoms with Gasteiger partial charge in [-0.15, -0.1) is 0 Å². The van der Waals surface area contributed by atoms with Crippen LogP contribution < -0.4 is 10.6 Å². The molecule has 0 aliphatic carbocycles. The van der Waals surface area contributed by atoms with E-state index < -0.39 is 0 Å². The second-order valence-electron chi connectivity index (χ2n) is 4.01. The number of hydrogen-bond donors (Lipinski definition) is 1. The molecule has 0 aliphatic heterocycles. The fraction of sp³-hybridized carbons (Fsp3) is 0.308. The van der Waals surface area contributed by atoms with Crippen molar-refractivity contribution in [2.45, 2.75) is 0 Å². The molecule has 0 unspecified atom stereocenters. The highest BCUT2D eigenvalue weighted by molar-refractivity contribution is 7.98. The first-order valence-electron chi connectivity index (χ1n) is 5.56. The minimum Gasteiger partial charge on any atom is -0.398 e. The molecule has 90 valence electrons. The minimum atomic E-state index is 0.787. The van der Waals surface area contributed by atoms with Crippen LogP contribution in [-0.4, -0.2) is 30.6 Å². The summed E-state index contributed by atoms with van der Waals surface area (Å²) in [5.41, 5.74) is 7.96. The van der Waals surface area contributed by atoms with Crippen LogP contribution in [0.4, 0.5) is 11.4 Å². The number of nitrogens with zero attached hydrogens (tertiary/aromatic N) is 2. The summed E-state index contributed by atoms with van der Waals surface area (Å²) in [6, 6.07) is 6.06. The molecule has 2 aromatic rings. The van der Waals surface area contributed by atoms with Gasteiger partial charge in [-0.25, -0.2) is 0 Å². The van der Waals surface area contributed by atoms with Crippen molar-refractivity contribution in [1.29, 1.82) is 0 Å². The van der Waals surface area contributed by atoms with E-state index in [-0.39, 0.29) is 0 Å². The molecule has 0 atom stereocenters. The van der Waals surface area contributed by atoms with Gasteiger partial charge in [0.05, 0.1) is 0 Å².